The number of alkyl halides is 2. The van der Waals surface area contributed by atoms with Crippen molar-refractivity contribution in [3.63, 3.8) is 0 Å². The first-order valence-corrected chi connectivity index (χ1v) is 13.0. The Balaban J connectivity index is 1.80. The lowest BCUT2D eigenvalue weighted by atomic mass is 9.72. The fourth-order valence-electron chi connectivity index (χ4n) is 5.45. The lowest BCUT2D eigenvalue weighted by Gasteiger charge is -2.33. The highest BCUT2D eigenvalue weighted by Crippen LogP contribution is 2.39. The summed E-state index contributed by atoms with van der Waals surface area (Å²) in [4.78, 5) is 0. The summed E-state index contributed by atoms with van der Waals surface area (Å²) in [6.07, 6.45) is 16.8. The molecule has 29 heavy (non-hydrogen) atoms. The van der Waals surface area contributed by atoms with Gasteiger partial charge < -0.3 is 0 Å². The maximum Gasteiger partial charge on any atom is 0.133 e. The number of allylic oxidation sites excluding steroid dienone is 2. The molecule has 0 aliphatic heterocycles. The van der Waals surface area contributed by atoms with E-state index in [1.807, 2.05) is 5.40 Å². The van der Waals surface area contributed by atoms with Crippen LogP contribution in [0.4, 0.5) is 8.78 Å². The minimum atomic E-state index is -1.22. The third-order valence-electron chi connectivity index (χ3n) is 7.22. The minimum Gasteiger partial charge on any atom is -0.246 e. The zero-order valence-corrected chi connectivity index (χ0v) is 19.3. The predicted molar refractivity (Wildman–Crippen MR) is 121 cm³/mol. The van der Waals surface area contributed by atoms with E-state index < -0.39 is 17.6 Å². The molecule has 0 radical (unpaired) electrons. The fraction of sp³-hybridized carbons (Fsp3) is 0.880. The van der Waals surface area contributed by atoms with Gasteiger partial charge in [0.1, 0.15) is 17.7 Å². The van der Waals surface area contributed by atoms with Gasteiger partial charge in [0.2, 0.25) is 0 Å². The number of hydrogen-bond acceptors (Lipinski definition) is 2. The van der Waals surface area contributed by atoms with E-state index in [1.54, 1.807) is 0 Å². The van der Waals surface area contributed by atoms with Crippen LogP contribution in [0.3, 0.4) is 0 Å². The van der Waals surface area contributed by atoms with E-state index in [1.165, 1.54) is 64.2 Å². The summed E-state index contributed by atoms with van der Waals surface area (Å²) >= 11 is 0.775. The minimum absolute atomic E-state index is 0.118. The molecule has 2 aliphatic carbocycles. The SMILES string of the molecule is CCCCCC(CCC)C1CCC(C=CC2CCC(F)C(SC#N)C(F)C2)CC1. The second kappa shape index (κ2) is 13.7. The molecule has 0 bridgehead atoms. The quantitative estimate of drug-likeness (QED) is 0.152. The summed E-state index contributed by atoms with van der Waals surface area (Å²) in [5.74, 6) is 2.52. The molecule has 0 spiro atoms. The zero-order chi connectivity index (χ0) is 21.1. The third-order valence-corrected chi connectivity index (χ3v) is 8.19. The molecule has 0 aromatic rings. The molecular formula is C25H41F2NS. The van der Waals surface area contributed by atoms with Gasteiger partial charge in [-0.15, -0.1) is 0 Å². The maximum atomic E-state index is 14.5. The molecule has 4 heteroatoms. The van der Waals surface area contributed by atoms with Crippen LogP contribution in [-0.2, 0) is 0 Å². The molecule has 2 aliphatic rings. The van der Waals surface area contributed by atoms with Crippen LogP contribution in [0, 0.1) is 34.3 Å². The van der Waals surface area contributed by atoms with Gasteiger partial charge in [0.25, 0.3) is 0 Å². The van der Waals surface area contributed by atoms with Gasteiger partial charge in [-0.05, 0) is 80.4 Å². The van der Waals surface area contributed by atoms with Crippen molar-refractivity contribution < 1.29 is 8.78 Å². The number of thioether (sulfide) groups is 1. The summed E-state index contributed by atoms with van der Waals surface area (Å²) in [6, 6.07) is 0. The normalized spacial score (nSPS) is 34.6. The molecule has 0 saturated heterocycles. The monoisotopic (exact) mass is 425 g/mol. The molecule has 2 saturated carbocycles. The first kappa shape index (κ1) is 24.7. The highest BCUT2D eigenvalue weighted by Gasteiger charge is 2.35. The van der Waals surface area contributed by atoms with E-state index in [9.17, 15) is 8.78 Å². The van der Waals surface area contributed by atoms with Crippen LogP contribution in [0.15, 0.2) is 12.2 Å². The van der Waals surface area contributed by atoms with Gasteiger partial charge in [0, 0.05) is 0 Å². The summed E-state index contributed by atoms with van der Waals surface area (Å²) in [5, 5.41) is 9.88. The molecule has 0 aromatic heterocycles. The van der Waals surface area contributed by atoms with E-state index in [-0.39, 0.29) is 5.92 Å². The standard InChI is InChI=1S/C25H41F2NS/c1-3-5-6-8-21(7-4-2)22-14-11-19(12-15-22)9-10-20-13-16-23(26)25(29-18-28)24(27)17-20/h9-10,19-25H,3-8,11-17H2,1-2H3. The van der Waals surface area contributed by atoms with Crippen LogP contribution in [0.1, 0.15) is 97.3 Å². The largest absolute Gasteiger partial charge is 0.246 e. The summed E-state index contributed by atoms with van der Waals surface area (Å²) in [5.41, 5.74) is 0. The molecular weight excluding hydrogens is 384 g/mol. The van der Waals surface area contributed by atoms with E-state index in [4.69, 9.17) is 5.26 Å². The number of nitriles is 1. The second-order valence-corrected chi connectivity index (χ2v) is 10.3. The highest BCUT2D eigenvalue weighted by atomic mass is 32.2. The van der Waals surface area contributed by atoms with Crippen LogP contribution in [0.5, 0.6) is 0 Å². The molecule has 5 atom stereocenters. The van der Waals surface area contributed by atoms with E-state index >= 15 is 0 Å². The number of thiocyanates is 1. The van der Waals surface area contributed by atoms with E-state index in [2.05, 4.69) is 26.0 Å². The van der Waals surface area contributed by atoms with Gasteiger partial charge >= 0.3 is 0 Å². The maximum absolute atomic E-state index is 14.5. The lowest BCUT2D eigenvalue weighted by molar-refractivity contribution is 0.198. The number of hydrogen-bond donors (Lipinski definition) is 0. The van der Waals surface area contributed by atoms with E-state index in [0.717, 1.165) is 23.6 Å². The molecule has 166 valence electrons. The Bertz CT molecular complexity index is 509. The molecule has 1 nitrogen and oxygen atoms in total. The Morgan fingerprint density at radius 2 is 1.59 bits per heavy atom. The van der Waals surface area contributed by atoms with Crippen molar-refractivity contribution in [1.29, 1.82) is 5.26 Å². The van der Waals surface area contributed by atoms with Crippen LogP contribution in [0.2, 0.25) is 0 Å². The van der Waals surface area contributed by atoms with Gasteiger partial charge in [-0.25, -0.2) is 8.78 Å². The Morgan fingerprint density at radius 3 is 2.24 bits per heavy atom. The van der Waals surface area contributed by atoms with E-state index in [0.29, 0.717) is 25.2 Å². The van der Waals surface area contributed by atoms with Gasteiger partial charge in [0.05, 0.1) is 5.25 Å². The summed E-state index contributed by atoms with van der Waals surface area (Å²) in [7, 11) is 0. The molecule has 2 rings (SSSR count). The smallest absolute Gasteiger partial charge is 0.133 e. The van der Waals surface area contributed by atoms with Gasteiger partial charge in [-0.3, -0.25) is 0 Å². The van der Waals surface area contributed by atoms with Crippen molar-refractivity contribution in [1.82, 2.24) is 0 Å². The molecule has 5 unspecified atom stereocenters. The number of unbranched alkanes of at least 4 members (excludes halogenated alkanes) is 2. The Hall–Kier alpha value is -0.560. The van der Waals surface area contributed by atoms with Gasteiger partial charge in [-0.1, -0.05) is 64.5 Å². The van der Waals surface area contributed by atoms with Crippen molar-refractivity contribution in [3.05, 3.63) is 12.2 Å². The van der Waals surface area contributed by atoms with Crippen LogP contribution < -0.4 is 0 Å². The van der Waals surface area contributed by atoms with Crippen molar-refractivity contribution in [2.45, 2.75) is 115 Å². The van der Waals surface area contributed by atoms with Crippen LogP contribution in [-0.4, -0.2) is 17.6 Å². The zero-order valence-electron chi connectivity index (χ0n) is 18.5. The average molecular weight is 426 g/mol. The van der Waals surface area contributed by atoms with Crippen molar-refractivity contribution in [2.75, 3.05) is 0 Å². The number of halogens is 2. The summed E-state index contributed by atoms with van der Waals surface area (Å²) < 4.78 is 28.6. The van der Waals surface area contributed by atoms with Crippen molar-refractivity contribution in [3.8, 4) is 5.40 Å². The Kier molecular flexibility index (Phi) is 11.7. The average Bonchev–Trinajstić information content (AvgIpc) is 2.86. The van der Waals surface area contributed by atoms with Crippen LogP contribution in [0.25, 0.3) is 0 Å². The molecule has 2 fully saturated rings. The first-order valence-electron chi connectivity index (χ1n) is 12.1. The first-order chi connectivity index (χ1) is 14.1. The van der Waals surface area contributed by atoms with Crippen LogP contribution >= 0.6 is 11.8 Å². The van der Waals surface area contributed by atoms with Gasteiger partial charge in [0.15, 0.2) is 0 Å². The van der Waals surface area contributed by atoms with Crippen molar-refractivity contribution in [2.24, 2.45) is 23.7 Å². The third kappa shape index (κ3) is 8.23. The second-order valence-electron chi connectivity index (χ2n) is 9.38. The molecule has 0 amide bonds. The fourth-order valence-corrected chi connectivity index (χ4v) is 6.12. The number of nitrogens with zero attached hydrogens (tertiary/aromatic N) is 1. The molecule has 0 heterocycles. The predicted octanol–water partition coefficient (Wildman–Crippen LogP) is 8.40. The Labute approximate surface area is 182 Å². The van der Waals surface area contributed by atoms with Gasteiger partial charge in [-0.2, -0.15) is 5.26 Å². The Morgan fingerprint density at radius 1 is 0.897 bits per heavy atom. The topological polar surface area (TPSA) is 23.8 Å². The van der Waals surface area contributed by atoms with Crippen molar-refractivity contribution >= 4 is 11.8 Å². The molecule has 0 aromatic carbocycles. The number of rotatable bonds is 10. The highest BCUT2D eigenvalue weighted by molar-refractivity contribution is 8.04. The lowest BCUT2D eigenvalue weighted by Crippen LogP contribution is -2.27. The molecule has 0 N–H and O–H groups in total. The summed E-state index contributed by atoms with van der Waals surface area (Å²) in [6.45, 7) is 4.59.